The maximum atomic E-state index is 9.95. The van der Waals surface area contributed by atoms with Crippen molar-refractivity contribution >= 4 is 0 Å². The summed E-state index contributed by atoms with van der Waals surface area (Å²) in [6.45, 7) is 2.92. The molecule has 3 heteroatoms. The molecule has 0 spiro atoms. The smallest absolute Gasteiger partial charge is 0.0693 e. The number of aliphatic hydroxyl groups is 1. The molecule has 16 heavy (non-hydrogen) atoms. The predicted molar refractivity (Wildman–Crippen MR) is 64.4 cm³/mol. The Hall–Kier alpha value is -0.120. The third-order valence-corrected chi connectivity index (χ3v) is 3.96. The number of ether oxygens (including phenoxy) is 1. The van der Waals surface area contributed by atoms with Gasteiger partial charge in [-0.05, 0) is 38.1 Å². The lowest BCUT2D eigenvalue weighted by Gasteiger charge is -2.22. The molecule has 3 nitrogen and oxygen atoms in total. The van der Waals surface area contributed by atoms with E-state index in [1.165, 1.54) is 32.1 Å². The Morgan fingerprint density at radius 3 is 2.81 bits per heavy atom. The Morgan fingerprint density at radius 1 is 1.12 bits per heavy atom. The first kappa shape index (κ1) is 12.3. The SMILES string of the molecule is OC1CCCCCC1NCCC1CCOC1. The minimum atomic E-state index is -0.123. The Bertz CT molecular complexity index is 192. The molecule has 1 aliphatic carbocycles. The van der Waals surface area contributed by atoms with Crippen LogP contribution in [0, 0.1) is 5.92 Å². The van der Waals surface area contributed by atoms with Crippen LogP contribution < -0.4 is 5.32 Å². The summed E-state index contributed by atoms with van der Waals surface area (Å²) in [6.07, 6.45) is 8.15. The first-order valence-electron chi connectivity index (χ1n) is 6.85. The fourth-order valence-corrected chi connectivity index (χ4v) is 2.81. The molecule has 2 N–H and O–H groups in total. The molecule has 2 rings (SSSR count). The lowest BCUT2D eigenvalue weighted by Crippen LogP contribution is -2.40. The molecular formula is C13H25NO2. The Balaban J connectivity index is 1.63. The van der Waals surface area contributed by atoms with Crippen LogP contribution in [-0.2, 0) is 4.74 Å². The molecule has 0 aromatic heterocycles. The number of hydrogen-bond acceptors (Lipinski definition) is 3. The minimum Gasteiger partial charge on any atom is -0.392 e. The molecule has 1 saturated heterocycles. The van der Waals surface area contributed by atoms with Gasteiger partial charge in [0.15, 0.2) is 0 Å². The van der Waals surface area contributed by atoms with Gasteiger partial charge in [0.05, 0.1) is 6.10 Å². The highest BCUT2D eigenvalue weighted by molar-refractivity contribution is 4.79. The second-order valence-corrected chi connectivity index (χ2v) is 5.28. The summed E-state index contributed by atoms with van der Waals surface area (Å²) in [5.74, 6) is 0.746. The van der Waals surface area contributed by atoms with Gasteiger partial charge < -0.3 is 15.2 Å². The topological polar surface area (TPSA) is 41.5 Å². The van der Waals surface area contributed by atoms with Crippen LogP contribution in [0.15, 0.2) is 0 Å². The van der Waals surface area contributed by atoms with Gasteiger partial charge in [-0.1, -0.05) is 19.3 Å². The number of nitrogens with one attached hydrogen (secondary N) is 1. The molecule has 0 amide bonds. The maximum absolute atomic E-state index is 9.95. The Morgan fingerprint density at radius 2 is 2.00 bits per heavy atom. The molecule has 3 unspecified atom stereocenters. The summed E-state index contributed by atoms with van der Waals surface area (Å²) < 4.78 is 5.36. The summed E-state index contributed by atoms with van der Waals surface area (Å²) in [5, 5.41) is 13.5. The highest BCUT2D eigenvalue weighted by atomic mass is 16.5. The van der Waals surface area contributed by atoms with Crippen LogP contribution in [0.2, 0.25) is 0 Å². The molecule has 1 aliphatic heterocycles. The minimum absolute atomic E-state index is 0.123. The molecule has 1 heterocycles. The third kappa shape index (κ3) is 3.72. The average molecular weight is 227 g/mol. The van der Waals surface area contributed by atoms with Crippen LogP contribution in [0.3, 0.4) is 0 Å². The first-order chi connectivity index (χ1) is 7.86. The van der Waals surface area contributed by atoms with E-state index in [9.17, 15) is 5.11 Å². The Kier molecular flexibility index (Phi) is 5.07. The summed E-state index contributed by atoms with van der Waals surface area (Å²) in [7, 11) is 0. The van der Waals surface area contributed by atoms with Crippen LogP contribution in [-0.4, -0.2) is 37.0 Å². The molecule has 1 saturated carbocycles. The fourth-order valence-electron chi connectivity index (χ4n) is 2.81. The molecule has 0 aromatic rings. The summed E-state index contributed by atoms with van der Waals surface area (Å²) in [6, 6.07) is 0.338. The van der Waals surface area contributed by atoms with Crippen molar-refractivity contribution in [2.24, 2.45) is 5.92 Å². The number of hydrogen-bond donors (Lipinski definition) is 2. The van der Waals surface area contributed by atoms with Crippen molar-refractivity contribution in [1.29, 1.82) is 0 Å². The molecule has 0 bridgehead atoms. The van der Waals surface area contributed by atoms with Gasteiger partial charge in [0.25, 0.3) is 0 Å². The van der Waals surface area contributed by atoms with Crippen molar-refractivity contribution in [2.45, 2.75) is 57.1 Å². The lowest BCUT2D eigenvalue weighted by molar-refractivity contribution is 0.119. The van der Waals surface area contributed by atoms with Crippen molar-refractivity contribution in [2.75, 3.05) is 19.8 Å². The van der Waals surface area contributed by atoms with Gasteiger partial charge in [0, 0.05) is 19.3 Å². The van der Waals surface area contributed by atoms with Crippen molar-refractivity contribution in [1.82, 2.24) is 5.32 Å². The molecule has 2 fully saturated rings. The van der Waals surface area contributed by atoms with Gasteiger partial charge in [-0.2, -0.15) is 0 Å². The zero-order valence-electron chi connectivity index (χ0n) is 10.2. The third-order valence-electron chi connectivity index (χ3n) is 3.96. The van der Waals surface area contributed by atoms with Gasteiger partial charge >= 0.3 is 0 Å². The van der Waals surface area contributed by atoms with E-state index < -0.39 is 0 Å². The van der Waals surface area contributed by atoms with E-state index in [-0.39, 0.29) is 6.10 Å². The number of aliphatic hydroxyl groups excluding tert-OH is 1. The molecule has 94 valence electrons. The predicted octanol–water partition coefficient (Wildman–Crippen LogP) is 1.70. The molecular weight excluding hydrogens is 202 g/mol. The van der Waals surface area contributed by atoms with Crippen LogP contribution in [0.1, 0.15) is 44.9 Å². The van der Waals surface area contributed by atoms with Gasteiger partial charge in [0.2, 0.25) is 0 Å². The summed E-state index contributed by atoms with van der Waals surface area (Å²) in [4.78, 5) is 0. The van der Waals surface area contributed by atoms with Crippen molar-refractivity contribution in [3.05, 3.63) is 0 Å². The van der Waals surface area contributed by atoms with Crippen LogP contribution in [0.5, 0.6) is 0 Å². The van der Waals surface area contributed by atoms with Crippen LogP contribution in [0.25, 0.3) is 0 Å². The van der Waals surface area contributed by atoms with Crippen molar-refractivity contribution in [3.63, 3.8) is 0 Å². The van der Waals surface area contributed by atoms with Crippen LogP contribution in [0.4, 0.5) is 0 Å². The van der Waals surface area contributed by atoms with Crippen LogP contribution >= 0.6 is 0 Å². The van der Waals surface area contributed by atoms with Gasteiger partial charge in [-0.15, -0.1) is 0 Å². The quantitative estimate of drug-likeness (QED) is 0.718. The van der Waals surface area contributed by atoms with E-state index >= 15 is 0 Å². The van der Waals surface area contributed by atoms with Crippen molar-refractivity contribution < 1.29 is 9.84 Å². The second-order valence-electron chi connectivity index (χ2n) is 5.28. The van der Waals surface area contributed by atoms with E-state index in [0.717, 1.165) is 38.5 Å². The summed E-state index contributed by atoms with van der Waals surface area (Å²) in [5.41, 5.74) is 0. The van der Waals surface area contributed by atoms with Gasteiger partial charge in [-0.25, -0.2) is 0 Å². The molecule has 0 radical (unpaired) electrons. The normalized spacial score (nSPS) is 36.2. The lowest BCUT2D eigenvalue weighted by atomic mass is 10.0. The monoisotopic (exact) mass is 227 g/mol. The van der Waals surface area contributed by atoms with Gasteiger partial charge in [-0.3, -0.25) is 0 Å². The molecule has 2 aliphatic rings. The Labute approximate surface area is 98.6 Å². The highest BCUT2D eigenvalue weighted by Gasteiger charge is 2.21. The maximum Gasteiger partial charge on any atom is 0.0693 e. The zero-order chi connectivity index (χ0) is 11.2. The average Bonchev–Trinajstić information content (AvgIpc) is 2.71. The van der Waals surface area contributed by atoms with Crippen molar-refractivity contribution in [3.8, 4) is 0 Å². The standard InChI is InChI=1S/C13H25NO2/c15-13-5-3-1-2-4-12(13)14-8-6-11-7-9-16-10-11/h11-15H,1-10H2. The fraction of sp³-hybridized carbons (Fsp3) is 1.00. The highest BCUT2D eigenvalue weighted by Crippen LogP contribution is 2.19. The summed E-state index contributed by atoms with van der Waals surface area (Å²) >= 11 is 0. The second kappa shape index (κ2) is 6.58. The van der Waals surface area contributed by atoms with E-state index in [2.05, 4.69) is 5.32 Å². The van der Waals surface area contributed by atoms with E-state index in [4.69, 9.17) is 4.74 Å². The molecule has 3 atom stereocenters. The zero-order valence-corrected chi connectivity index (χ0v) is 10.2. The first-order valence-corrected chi connectivity index (χ1v) is 6.85. The molecule has 0 aromatic carbocycles. The van der Waals surface area contributed by atoms with E-state index in [0.29, 0.717) is 6.04 Å². The number of rotatable bonds is 4. The van der Waals surface area contributed by atoms with Gasteiger partial charge in [0.1, 0.15) is 0 Å². The largest absolute Gasteiger partial charge is 0.392 e. The van der Waals surface area contributed by atoms with E-state index in [1.807, 2.05) is 0 Å². The van der Waals surface area contributed by atoms with E-state index in [1.54, 1.807) is 0 Å².